The van der Waals surface area contributed by atoms with Crippen molar-refractivity contribution >= 4 is 15.9 Å². The topological polar surface area (TPSA) is 33.0 Å². The standard InChI is InChI=1S/C10H6BrF4NO/c11-7-1-6(4-16)2-8(3-7)17-5-10(14,15)9(12)13/h1-3,9H,5H2. The number of rotatable bonds is 4. The fourth-order valence-electron chi connectivity index (χ4n) is 0.953. The Bertz CT molecular complexity index is 444. The van der Waals surface area contributed by atoms with E-state index in [2.05, 4.69) is 20.7 Å². The summed E-state index contributed by atoms with van der Waals surface area (Å²) in [6.45, 7) is -1.44. The van der Waals surface area contributed by atoms with Crippen LogP contribution in [0.5, 0.6) is 5.75 Å². The summed E-state index contributed by atoms with van der Waals surface area (Å²) in [6.07, 6.45) is -3.79. The third-order valence-corrected chi connectivity index (χ3v) is 2.21. The first-order valence-electron chi connectivity index (χ1n) is 4.34. The van der Waals surface area contributed by atoms with Crippen LogP contribution in [0.15, 0.2) is 22.7 Å². The van der Waals surface area contributed by atoms with Gasteiger partial charge in [-0.25, -0.2) is 8.78 Å². The van der Waals surface area contributed by atoms with Crippen LogP contribution in [-0.2, 0) is 0 Å². The molecule has 2 nitrogen and oxygen atoms in total. The molecule has 0 radical (unpaired) electrons. The lowest BCUT2D eigenvalue weighted by Gasteiger charge is -2.16. The van der Waals surface area contributed by atoms with Crippen LogP contribution in [0.25, 0.3) is 0 Å². The van der Waals surface area contributed by atoms with E-state index < -0.39 is 19.0 Å². The van der Waals surface area contributed by atoms with Gasteiger partial charge in [0.2, 0.25) is 0 Å². The highest BCUT2D eigenvalue weighted by molar-refractivity contribution is 9.10. The molecule has 1 aromatic rings. The van der Waals surface area contributed by atoms with Gasteiger partial charge in [-0.05, 0) is 18.2 Å². The van der Waals surface area contributed by atoms with E-state index in [4.69, 9.17) is 5.26 Å². The quantitative estimate of drug-likeness (QED) is 0.796. The van der Waals surface area contributed by atoms with Gasteiger partial charge < -0.3 is 4.74 Å². The Balaban J connectivity index is 2.77. The van der Waals surface area contributed by atoms with Crippen molar-refractivity contribution in [3.05, 3.63) is 28.2 Å². The van der Waals surface area contributed by atoms with Crippen molar-refractivity contribution in [2.75, 3.05) is 6.61 Å². The van der Waals surface area contributed by atoms with Crippen LogP contribution in [0.1, 0.15) is 5.56 Å². The van der Waals surface area contributed by atoms with Crippen molar-refractivity contribution in [3.8, 4) is 11.8 Å². The highest BCUT2D eigenvalue weighted by Gasteiger charge is 2.41. The normalized spacial score (nSPS) is 11.4. The minimum Gasteiger partial charge on any atom is -0.487 e. The van der Waals surface area contributed by atoms with Crippen LogP contribution in [0, 0.1) is 11.3 Å². The van der Waals surface area contributed by atoms with Gasteiger partial charge in [0.25, 0.3) is 0 Å². The summed E-state index contributed by atoms with van der Waals surface area (Å²) in [7, 11) is 0. The molecule has 0 aliphatic heterocycles. The van der Waals surface area contributed by atoms with Crippen molar-refractivity contribution in [1.29, 1.82) is 5.26 Å². The van der Waals surface area contributed by atoms with Crippen LogP contribution >= 0.6 is 15.9 Å². The number of halogens is 5. The lowest BCUT2D eigenvalue weighted by Crippen LogP contribution is -2.33. The molecule has 0 saturated heterocycles. The summed E-state index contributed by atoms with van der Waals surface area (Å²) in [6, 6.07) is 5.72. The van der Waals surface area contributed by atoms with Gasteiger partial charge in [0, 0.05) is 4.47 Å². The van der Waals surface area contributed by atoms with Gasteiger partial charge in [0.05, 0.1) is 11.6 Å². The van der Waals surface area contributed by atoms with Crippen molar-refractivity contribution in [2.24, 2.45) is 0 Å². The van der Waals surface area contributed by atoms with Gasteiger partial charge in [-0.1, -0.05) is 15.9 Å². The molecule has 1 aromatic carbocycles. The first-order valence-corrected chi connectivity index (χ1v) is 5.14. The number of hydrogen-bond donors (Lipinski definition) is 0. The highest BCUT2D eigenvalue weighted by atomic mass is 79.9. The highest BCUT2D eigenvalue weighted by Crippen LogP contribution is 2.26. The number of hydrogen-bond acceptors (Lipinski definition) is 2. The minimum absolute atomic E-state index is 0.0729. The molecule has 0 N–H and O–H groups in total. The molecule has 0 fully saturated rings. The van der Waals surface area contributed by atoms with Crippen molar-refractivity contribution in [2.45, 2.75) is 12.3 Å². The second-order valence-corrected chi connectivity index (χ2v) is 4.05. The van der Waals surface area contributed by atoms with E-state index in [0.29, 0.717) is 4.47 Å². The molecule has 7 heteroatoms. The van der Waals surface area contributed by atoms with E-state index in [1.165, 1.54) is 18.2 Å². The van der Waals surface area contributed by atoms with Gasteiger partial charge in [-0.15, -0.1) is 0 Å². The van der Waals surface area contributed by atoms with Crippen LogP contribution in [0.2, 0.25) is 0 Å². The number of alkyl halides is 4. The third-order valence-electron chi connectivity index (χ3n) is 1.75. The molecule has 0 spiro atoms. The first-order chi connectivity index (χ1) is 7.85. The Labute approximate surface area is 103 Å². The fraction of sp³-hybridized carbons (Fsp3) is 0.300. The molecule has 0 aliphatic rings. The zero-order valence-corrected chi connectivity index (χ0v) is 9.85. The Kier molecular flexibility index (Phi) is 4.34. The van der Waals surface area contributed by atoms with Crippen molar-refractivity contribution in [1.82, 2.24) is 0 Å². The molecule has 0 bridgehead atoms. The smallest absolute Gasteiger partial charge is 0.340 e. The average Bonchev–Trinajstić information content (AvgIpc) is 2.25. The van der Waals surface area contributed by atoms with E-state index >= 15 is 0 Å². The Hall–Kier alpha value is -1.29. The first kappa shape index (κ1) is 13.8. The molecular formula is C10H6BrF4NO. The molecule has 1 rings (SSSR count). The van der Waals surface area contributed by atoms with E-state index in [-0.39, 0.29) is 11.3 Å². The molecule has 92 valence electrons. The second kappa shape index (κ2) is 5.36. The van der Waals surface area contributed by atoms with Crippen molar-refractivity contribution < 1.29 is 22.3 Å². The van der Waals surface area contributed by atoms with Crippen LogP contribution < -0.4 is 4.74 Å². The van der Waals surface area contributed by atoms with E-state index in [0.717, 1.165) is 0 Å². The average molecular weight is 312 g/mol. The second-order valence-electron chi connectivity index (χ2n) is 3.14. The number of benzene rings is 1. The predicted molar refractivity (Wildman–Crippen MR) is 55.3 cm³/mol. The maximum atomic E-state index is 12.6. The lowest BCUT2D eigenvalue weighted by atomic mass is 10.2. The number of nitrogens with zero attached hydrogens (tertiary/aromatic N) is 1. The van der Waals surface area contributed by atoms with Crippen LogP contribution in [0.3, 0.4) is 0 Å². The maximum Gasteiger partial charge on any atom is 0.340 e. The monoisotopic (exact) mass is 311 g/mol. The summed E-state index contributed by atoms with van der Waals surface area (Å²) in [5.41, 5.74) is 0.176. The largest absolute Gasteiger partial charge is 0.487 e. The van der Waals surface area contributed by atoms with Gasteiger partial charge in [-0.3, -0.25) is 0 Å². The van der Waals surface area contributed by atoms with E-state index in [9.17, 15) is 17.6 Å². The molecule has 0 heterocycles. The molecule has 0 saturated carbocycles. The van der Waals surface area contributed by atoms with Gasteiger partial charge in [0.15, 0.2) is 6.61 Å². The Morgan fingerprint density at radius 1 is 1.35 bits per heavy atom. The van der Waals surface area contributed by atoms with Crippen LogP contribution in [0.4, 0.5) is 17.6 Å². The predicted octanol–water partition coefficient (Wildman–Crippen LogP) is 3.60. The zero-order valence-electron chi connectivity index (χ0n) is 8.26. The minimum atomic E-state index is -4.21. The number of nitriles is 1. The fourth-order valence-corrected chi connectivity index (χ4v) is 1.43. The maximum absolute atomic E-state index is 12.6. The molecule has 0 aliphatic carbocycles. The SMILES string of the molecule is N#Cc1cc(Br)cc(OCC(F)(F)C(F)F)c1. The van der Waals surface area contributed by atoms with Gasteiger partial charge in [0.1, 0.15) is 5.75 Å². The summed E-state index contributed by atoms with van der Waals surface area (Å²) in [5.74, 6) is -4.29. The Morgan fingerprint density at radius 2 is 2.00 bits per heavy atom. The van der Waals surface area contributed by atoms with E-state index in [1.54, 1.807) is 6.07 Å². The van der Waals surface area contributed by atoms with Crippen molar-refractivity contribution in [3.63, 3.8) is 0 Å². The Morgan fingerprint density at radius 3 is 2.53 bits per heavy atom. The summed E-state index contributed by atoms with van der Waals surface area (Å²) < 4.78 is 53.8. The molecule has 0 aromatic heterocycles. The van der Waals surface area contributed by atoms with Gasteiger partial charge in [-0.2, -0.15) is 14.0 Å². The lowest BCUT2D eigenvalue weighted by molar-refractivity contribution is -0.148. The molecule has 0 unspecified atom stereocenters. The van der Waals surface area contributed by atoms with E-state index in [1.807, 2.05) is 0 Å². The summed E-state index contributed by atoms with van der Waals surface area (Å²) >= 11 is 3.04. The summed E-state index contributed by atoms with van der Waals surface area (Å²) in [4.78, 5) is 0. The molecule has 0 atom stereocenters. The molecule has 0 amide bonds. The molecule has 17 heavy (non-hydrogen) atoms. The molecular weight excluding hydrogens is 306 g/mol. The zero-order chi connectivity index (χ0) is 13.1. The third kappa shape index (κ3) is 3.89. The van der Waals surface area contributed by atoms with Gasteiger partial charge >= 0.3 is 12.3 Å². The number of ether oxygens (including phenoxy) is 1. The summed E-state index contributed by atoms with van der Waals surface area (Å²) in [5, 5.41) is 8.61. The van der Waals surface area contributed by atoms with Crippen LogP contribution in [-0.4, -0.2) is 19.0 Å².